The Morgan fingerprint density at radius 3 is 2.94 bits per heavy atom. The third kappa shape index (κ3) is 2.83. The first kappa shape index (κ1) is 11.6. The molecular formula is C14H21NO. The Morgan fingerprint density at radius 2 is 2.25 bits per heavy atom. The SMILES string of the molecule is Cc1cccc(CN2CCC(O)C(C)C2)c1. The second-order valence-electron chi connectivity index (χ2n) is 5.06. The molecule has 1 aliphatic heterocycles. The third-order valence-electron chi connectivity index (χ3n) is 3.43. The highest BCUT2D eigenvalue weighted by atomic mass is 16.3. The zero-order valence-electron chi connectivity index (χ0n) is 10.2. The van der Waals surface area contributed by atoms with Crippen LogP contribution in [0, 0.1) is 12.8 Å². The fourth-order valence-corrected chi connectivity index (χ4v) is 2.43. The molecule has 2 rings (SSSR count). The molecule has 0 aromatic heterocycles. The van der Waals surface area contributed by atoms with Gasteiger partial charge in [0.05, 0.1) is 6.10 Å². The Morgan fingerprint density at radius 1 is 1.44 bits per heavy atom. The van der Waals surface area contributed by atoms with E-state index in [-0.39, 0.29) is 6.10 Å². The molecular weight excluding hydrogens is 198 g/mol. The van der Waals surface area contributed by atoms with E-state index < -0.39 is 0 Å². The summed E-state index contributed by atoms with van der Waals surface area (Å²) in [4.78, 5) is 2.44. The lowest BCUT2D eigenvalue weighted by Gasteiger charge is -2.34. The maximum Gasteiger partial charge on any atom is 0.0590 e. The number of benzene rings is 1. The monoisotopic (exact) mass is 219 g/mol. The van der Waals surface area contributed by atoms with Crippen LogP contribution >= 0.6 is 0 Å². The molecule has 16 heavy (non-hydrogen) atoms. The molecule has 2 atom stereocenters. The van der Waals surface area contributed by atoms with Crippen molar-refractivity contribution >= 4 is 0 Å². The van der Waals surface area contributed by atoms with Gasteiger partial charge in [0.15, 0.2) is 0 Å². The number of aliphatic hydroxyl groups excluding tert-OH is 1. The molecule has 88 valence electrons. The summed E-state index contributed by atoms with van der Waals surface area (Å²) in [5, 5.41) is 9.68. The van der Waals surface area contributed by atoms with E-state index in [4.69, 9.17) is 0 Å². The summed E-state index contributed by atoms with van der Waals surface area (Å²) >= 11 is 0. The molecule has 1 N–H and O–H groups in total. The van der Waals surface area contributed by atoms with Gasteiger partial charge in [0.25, 0.3) is 0 Å². The standard InChI is InChI=1S/C14H21NO/c1-11-4-3-5-13(8-11)10-15-7-6-14(16)12(2)9-15/h3-5,8,12,14,16H,6-7,9-10H2,1-2H3. The number of aliphatic hydroxyl groups is 1. The molecule has 0 bridgehead atoms. The Hall–Kier alpha value is -0.860. The van der Waals surface area contributed by atoms with E-state index >= 15 is 0 Å². The average Bonchev–Trinajstić information content (AvgIpc) is 2.24. The van der Waals surface area contributed by atoms with Crippen molar-refractivity contribution < 1.29 is 5.11 Å². The van der Waals surface area contributed by atoms with Gasteiger partial charge in [-0.05, 0) is 24.8 Å². The van der Waals surface area contributed by atoms with E-state index in [0.29, 0.717) is 5.92 Å². The highest BCUT2D eigenvalue weighted by Gasteiger charge is 2.23. The van der Waals surface area contributed by atoms with Gasteiger partial charge in [-0.1, -0.05) is 36.8 Å². The number of likely N-dealkylation sites (tertiary alicyclic amines) is 1. The number of hydrogen-bond acceptors (Lipinski definition) is 2. The lowest BCUT2D eigenvalue weighted by molar-refractivity contribution is 0.0320. The molecule has 0 amide bonds. The van der Waals surface area contributed by atoms with E-state index in [2.05, 4.69) is 43.0 Å². The molecule has 1 saturated heterocycles. The van der Waals surface area contributed by atoms with E-state index in [1.807, 2.05) is 0 Å². The molecule has 2 nitrogen and oxygen atoms in total. The van der Waals surface area contributed by atoms with Crippen LogP contribution in [0.15, 0.2) is 24.3 Å². The van der Waals surface area contributed by atoms with Gasteiger partial charge in [0.1, 0.15) is 0 Å². The maximum atomic E-state index is 9.68. The summed E-state index contributed by atoms with van der Waals surface area (Å²) < 4.78 is 0. The van der Waals surface area contributed by atoms with Gasteiger partial charge in [0, 0.05) is 19.6 Å². The first-order valence-corrected chi connectivity index (χ1v) is 6.11. The lowest BCUT2D eigenvalue weighted by Crippen LogP contribution is -2.41. The van der Waals surface area contributed by atoms with E-state index in [9.17, 15) is 5.11 Å². The van der Waals surface area contributed by atoms with Crippen LogP contribution in [-0.2, 0) is 6.54 Å². The van der Waals surface area contributed by atoms with Crippen LogP contribution in [0.25, 0.3) is 0 Å². The van der Waals surface area contributed by atoms with Crippen molar-refractivity contribution in [2.75, 3.05) is 13.1 Å². The molecule has 1 aliphatic rings. The fraction of sp³-hybridized carbons (Fsp3) is 0.571. The van der Waals surface area contributed by atoms with Crippen LogP contribution in [0.1, 0.15) is 24.5 Å². The highest BCUT2D eigenvalue weighted by molar-refractivity contribution is 5.22. The summed E-state index contributed by atoms with van der Waals surface area (Å²) in [6.45, 7) is 7.30. The minimum atomic E-state index is -0.103. The van der Waals surface area contributed by atoms with Crippen LogP contribution in [0.2, 0.25) is 0 Å². The van der Waals surface area contributed by atoms with Crippen LogP contribution in [0.5, 0.6) is 0 Å². The molecule has 2 heteroatoms. The lowest BCUT2D eigenvalue weighted by atomic mass is 9.96. The largest absolute Gasteiger partial charge is 0.393 e. The topological polar surface area (TPSA) is 23.5 Å². The predicted molar refractivity (Wildman–Crippen MR) is 66.2 cm³/mol. The predicted octanol–water partition coefficient (Wildman–Crippen LogP) is 2.20. The van der Waals surface area contributed by atoms with Crippen molar-refractivity contribution in [1.29, 1.82) is 0 Å². The van der Waals surface area contributed by atoms with Gasteiger partial charge in [-0.15, -0.1) is 0 Å². The van der Waals surface area contributed by atoms with Crippen molar-refractivity contribution in [3.05, 3.63) is 35.4 Å². The van der Waals surface area contributed by atoms with Gasteiger partial charge in [-0.25, -0.2) is 0 Å². The number of rotatable bonds is 2. The third-order valence-corrected chi connectivity index (χ3v) is 3.43. The van der Waals surface area contributed by atoms with Crippen molar-refractivity contribution in [2.45, 2.75) is 32.9 Å². The molecule has 1 heterocycles. The number of nitrogens with zero attached hydrogens (tertiary/aromatic N) is 1. The molecule has 2 unspecified atom stereocenters. The molecule has 0 aliphatic carbocycles. The summed E-state index contributed by atoms with van der Waals surface area (Å²) in [6, 6.07) is 8.68. The summed E-state index contributed by atoms with van der Waals surface area (Å²) in [6.07, 6.45) is 0.807. The van der Waals surface area contributed by atoms with Crippen LogP contribution in [-0.4, -0.2) is 29.2 Å². The minimum Gasteiger partial charge on any atom is -0.393 e. The average molecular weight is 219 g/mol. The Balaban J connectivity index is 1.95. The highest BCUT2D eigenvalue weighted by Crippen LogP contribution is 2.18. The van der Waals surface area contributed by atoms with Crippen molar-refractivity contribution in [3.63, 3.8) is 0 Å². The number of hydrogen-bond donors (Lipinski definition) is 1. The van der Waals surface area contributed by atoms with E-state index in [1.54, 1.807) is 0 Å². The molecule has 1 aromatic rings. The van der Waals surface area contributed by atoms with Gasteiger partial charge in [-0.3, -0.25) is 4.90 Å². The van der Waals surface area contributed by atoms with E-state index in [0.717, 1.165) is 26.1 Å². The Labute approximate surface area is 97.9 Å². The number of aryl methyl sites for hydroxylation is 1. The van der Waals surface area contributed by atoms with E-state index in [1.165, 1.54) is 11.1 Å². The Bertz CT molecular complexity index is 350. The first-order chi connectivity index (χ1) is 7.65. The fourth-order valence-electron chi connectivity index (χ4n) is 2.43. The molecule has 0 saturated carbocycles. The molecule has 1 aromatic carbocycles. The van der Waals surface area contributed by atoms with Gasteiger partial charge < -0.3 is 5.11 Å². The van der Waals surface area contributed by atoms with Crippen molar-refractivity contribution in [3.8, 4) is 0 Å². The van der Waals surface area contributed by atoms with Crippen LogP contribution < -0.4 is 0 Å². The number of piperidine rings is 1. The normalized spacial score (nSPS) is 26.9. The quantitative estimate of drug-likeness (QED) is 0.824. The summed E-state index contributed by atoms with van der Waals surface area (Å²) in [7, 11) is 0. The Kier molecular flexibility index (Phi) is 3.62. The van der Waals surface area contributed by atoms with Crippen LogP contribution in [0.4, 0.5) is 0 Å². The minimum absolute atomic E-state index is 0.103. The summed E-state index contributed by atoms with van der Waals surface area (Å²) in [5.41, 5.74) is 2.70. The molecule has 1 fully saturated rings. The second-order valence-corrected chi connectivity index (χ2v) is 5.06. The maximum absolute atomic E-state index is 9.68. The first-order valence-electron chi connectivity index (χ1n) is 6.11. The van der Waals surface area contributed by atoms with Gasteiger partial charge in [0.2, 0.25) is 0 Å². The van der Waals surface area contributed by atoms with Gasteiger partial charge in [-0.2, -0.15) is 0 Å². The van der Waals surface area contributed by atoms with Crippen molar-refractivity contribution in [1.82, 2.24) is 4.90 Å². The second kappa shape index (κ2) is 4.98. The van der Waals surface area contributed by atoms with Crippen LogP contribution in [0.3, 0.4) is 0 Å². The van der Waals surface area contributed by atoms with Gasteiger partial charge >= 0.3 is 0 Å². The molecule has 0 radical (unpaired) electrons. The smallest absolute Gasteiger partial charge is 0.0590 e. The zero-order valence-corrected chi connectivity index (χ0v) is 10.2. The molecule has 0 spiro atoms. The zero-order chi connectivity index (χ0) is 11.5. The van der Waals surface area contributed by atoms with Crippen molar-refractivity contribution in [2.24, 2.45) is 5.92 Å². The summed E-state index contributed by atoms with van der Waals surface area (Å²) in [5.74, 6) is 0.401.